The van der Waals surface area contributed by atoms with Crippen LogP contribution in [0.1, 0.15) is 24.0 Å². The van der Waals surface area contributed by atoms with E-state index in [0.717, 1.165) is 32.6 Å². The van der Waals surface area contributed by atoms with Crippen LogP contribution in [-0.4, -0.2) is 32.5 Å². The standard InChI is InChI=1S/C8H11N.C7H9N.C6H10O2/c1-9-7-8-5-3-2-4-6-8;8-6-7-4-2-1-3-5-7;1-3-7-6-2-4-8-5(1)6/h2-6,9H,7H2,1H3;1-5H,6,8H2;5-6H,1-4H2. The van der Waals surface area contributed by atoms with E-state index in [4.69, 9.17) is 15.2 Å². The molecule has 0 aromatic heterocycles. The van der Waals surface area contributed by atoms with Gasteiger partial charge in [0.15, 0.2) is 0 Å². The molecule has 2 fully saturated rings. The normalized spacial score (nSPS) is 20.7. The summed E-state index contributed by atoms with van der Waals surface area (Å²) in [5, 5.41) is 3.08. The highest BCUT2D eigenvalue weighted by atomic mass is 16.6. The largest absolute Gasteiger partial charge is 0.375 e. The van der Waals surface area contributed by atoms with Crippen molar-refractivity contribution in [1.82, 2.24) is 5.32 Å². The minimum absolute atomic E-state index is 0.454. The topological polar surface area (TPSA) is 56.5 Å². The Labute approximate surface area is 151 Å². The van der Waals surface area contributed by atoms with Gasteiger partial charge in [-0.05, 0) is 31.0 Å². The maximum absolute atomic E-state index is 5.35. The lowest BCUT2D eigenvalue weighted by molar-refractivity contribution is 0.0732. The Hall–Kier alpha value is -1.72. The smallest absolute Gasteiger partial charge is 0.0859 e. The highest BCUT2D eigenvalue weighted by Gasteiger charge is 2.33. The Balaban J connectivity index is 0.000000135. The van der Waals surface area contributed by atoms with Crippen LogP contribution >= 0.6 is 0 Å². The van der Waals surface area contributed by atoms with Gasteiger partial charge in [-0.25, -0.2) is 0 Å². The molecule has 0 aliphatic carbocycles. The average molecular weight is 342 g/mol. The zero-order valence-electron chi connectivity index (χ0n) is 15.1. The first-order chi connectivity index (χ1) is 12.3. The van der Waals surface area contributed by atoms with Gasteiger partial charge < -0.3 is 20.5 Å². The van der Waals surface area contributed by atoms with E-state index in [-0.39, 0.29) is 0 Å². The van der Waals surface area contributed by atoms with Gasteiger partial charge in [0.25, 0.3) is 0 Å². The van der Waals surface area contributed by atoms with Gasteiger partial charge >= 0.3 is 0 Å². The summed E-state index contributed by atoms with van der Waals surface area (Å²) in [4.78, 5) is 0. The Kier molecular flexibility index (Phi) is 9.23. The van der Waals surface area contributed by atoms with Crippen molar-refractivity contribution in [2.45, 2.75) is 38.1 Å². The summed E-state index contributed by atoms with van der Waals surface area (Å²) in [7, 11) is 1.95. The van der Waals surface area contributed by atoms with Gasteiger partial charge in [0.2, 0.25) is 0 Å². The summed E-state index contributed by atoms with van der Waals surface area (Å²) in [6.07, 6.45) is 3.14. The van der Waals surface area contributed by atoms with Crippen LogP contribution in [0.3, 0.4) is 0 Å². The van der Waals surface area contributed by atoms with E-state index in [0.29, 0.717) is 18.8 Å². The molecule has 4 heteroatoms. The maximum atomic E-state index is 5.35. The third-order valence-electron chi connectivity index (χ3n) is 4.19. The van der Waals surface area contributed by atoms with Gasteiger partial charge in [0.1, 0.15) is 0 Å². The third-order valence-corrected chi connectivity index (χ3v) is 4.19. The van der Waals surface area contributed by atoms with Gasteiger partial charge in [0, 0.05) is 26.3 Å². The van der Waals surface area contributed by atoms with Crippen LogP contribution in [0.5, 0.6) is 0 Å². The summed E-state index contributed by atoms with van der Waals surface area (Å²) >= 11 is 0. The molecule has 25 heavy (non-hydrogen) atoms. The molecule has 2 aromatic rings. The quantitative estimate of drug-likeness (QED) is 0.900. The monoisotopic (exact) mass is 342 g/mol. The molecule has 0 amide bonds. The van der Waals surface area contributed by atoms with Crippen molar-refractivity contribution >= 4 is 0 Å². The summed E-state index contributed by atoms with van der Waals surface area (Å²) in [6, 6.07) is 20.3. The van der Waals surface area contributed by atoms with Crippen molar-refractivity contribution in [3.63, 3.8) is 0 Å². The molecule has 0 saturated carbocycles. The fraction of sp³-hybridized carbons (Fsp3) is 0.429. The number of ether oxygens (including phenoxy) is 2. The van der Waals surface area contributed by atoms with E-state index >= 15 is 0 Å². The lowest BCUT2D eigenvalue weighted by Gasteiger charge is -2.03. The predicted octanol–water partition coefficient (Wildman–Crippen LogP) is 3.12. The first-order valence-corrected chi connectivity index (χ1v) is 8.99. The number of nitrogens with one attached hydrogen (secondary N) is 1. The van der Waals surface area contributed by atoms with Crippen LogP contribution in [0.25, 0.3) is 0 Å². The second-order valence-electron chi connectivity index (χ2n) is 6.10. The van der Waals surface area contributed by atoms with Crippen molar-refractivity contribution < 1.29 is 9.47 Å². The fourth-order valence-electron chi connectivity index (χ4n) is 2.84. The van der Waals surface area contributed by atoms with E-state index in [9.17, 15) is 0 Å². The minimum atomic E-state index is 0.454. The lowest BCUT2D eigenvalue weighted by Crippen LogP contribution is -2.13. The van der Waals surface area contributed by atoms with E-state index < -0.39 is 0 Å². The van der Waals surface area contributed by atoms with Crippen LogP contribution < -0.4 is 11.1 Å². The zero-order valence-corrected chi connectivity index (χ0v) is 15.1. The Morgan fingerprint density at radius 1 is 0.840 bits per heavy atom. The molecule has 0 spiro atoms. The first kappa shape index (κ1) is 19.6. The summed E-state index contributed by atoms with van der Waals surface area (Å²) < 4.78 is 10.7. The molecule has 2 aromatic carbocycles. The van der Waals surface area contributed by atoms with Crippen molar-refractivity contribution in [3.8, 4) is 0 Å². The van der Waals surface area contributed by atoms with Gasteiger partial charge in [-0.3, -0.25) is 0 Å². The first-order valence-electron chi connectivity index (χ1n) is 8.99. The highest BCUT2D eigenvalue weighted by Crippen LogP contribution is 2.25. The summed E-state index contributed by atoms with van der Waals surface area (Å²) in [5.74, 6) is 0. The molecule has 2 unspecified atom stereocenters. The number of hydrogen-bond acceptors (Lipinski definition) is 4. The van der Waals surface area contributed by atoms with Gasteiger partial charge in [-0.15, -0.1) is 0 Å². The van der Waals surface area contributed by atoms with Crippen LogP contribution in [0, 0.1) is 0 Å². The highest BCUT2D eigenvalue weighted by molar-refractivity contribution is 5.14. The maximum Gasteiger partial charge on any atom is 0.0859 e. The predicted molar refractivity (Wildman–Crippen MR) is 102 cm³/mol. The molecule has 4 nitrogen and oxygen atoms in total. The Bertz CT molecular complexity index is 543. The molecule has 3 N–H and O–H groups in total. The number of benzene rings is 2. The third kappa shape index (κ3) is 7.36. The van der Waals surface area contributed by atoms with Gasteiger partial charge in [0.05, 0.1) is 12.2 Å². The Morgan fingerprint density at radius 2 is 1.32 bits per heavy atom. The number of rotatable bonds is 3. The lowest BCUT2D eigenvalue weighted by atomic mass is 10.2. The molecule has 0 radical (unpaired) electrons. The van der Waals surface area contributed by atoms with E-state index in [1.54, 1.807) is 0 Å². The van der Waals surface area contributed by atoms with Crippen molar-refractivity contribution in [1.29, 1.82) is 0 Å². The van der Waals surface area contributed by atoms with Crippen molar-refractivity contribution in [2.24, 2.45) is 5.73 Å². The molecular formula is C21H30N2O2. The Morgan fingerprint density at radius 3 is 1.72 bits per heavy atom. The van der Waals surface area contributed by atoms with Gasteiger partial charge in [-0.2, -0.15) is 0 Å². The molecule has 2 aliphatic rings. The second kappa shape index (κ2) is 11.8. The second-order valence-corrected chi connectivity index (χ2v) is 6.10. The number of nitrogens with two attached hydrogens (primary N) is 1. The zero-order chi connectivity index (χ0) is 17.7. The van der Waals surface area contributed by atoms with Crippen molar-refractivity contribution in [3.05, 3.63) is 71.8 Å². The van der Waals surface area contributed by atoms with Crippen LogP contribution in [-0.2, 0) is 22.6 Å². The van der Waals surface area contributed by atoms with Crippen LogP contribution in [0.4, 0.5) is 0 Å². The van der Waals surface area contributed by atoms with E-state index in [1.807, 2.05) is 55.6 Å². The molecular weight excluding hydrogens is 312 g/mol. The van der Waals surface area contributed by atoms with Gasteiger partial charge in [-0.1, -0.05) is 60.7 Å². The molecule has 2 atom stereocenters. The molecule has 4 rings (SSSR count). The summed E-state index contributed by atoms with van der Waals surface area (Å²) in [6.45, 7) is 3.42. The molecule has 136 valence electrons. The van der Waals surface area contributed by atoms with E-state index in [1.165, 1.54) is 11.1 Å². The van der Waals surface area contributed by atoms with Crippen LogP contribution in [0.2, 0.25) is 0 Å². The fourth-order valence-corrected chi connectivity index (χ4v) is 2.84. The molecule has 2 aliphatic heterocycles. The SMILES string of the molecule is C1CC2OCCC2O1.CNCc1ccccc1.NCc1ccccc1. The molecule has 0 bridgehead atoms. The minimum Gasteiger partial charge on any atom is -0.375 e. The summed E-state index contributed by atoms with van der Waals surface area (Å²) in [5.41, 5.74) is 7.87. The van der Waals surface area contributed by atoms with Crippen molar-refractivity contribution in [2.75, 3.05) is 20.3 Å². The van der Waals surface area contributed by atoms with E-state index in [2.05, 4.69) is 17.4 Å². The van der Waals surface area contributed by atoms with Crippen LogP contribution in [0.15, 0.2) is 60.7 Å². The number of hydrogen-bond donors (Lipinski definition) is 2. The number of fused-ring (bicyclic) bond motifs is 1. The average Bonchev–Trinajstić information content (AvgIpc) is 3.30. The molecule has 2 heterocycles. The molecule has 2 saturated heterocycles.